The molecule has 1 aromatic carbocycles. The molecule has 2 fully saturated rings. The Bertz CT molecular complexity index is 853. The van der Waals surface area contributed by atoms with E-state index in [0.29, 0.717) is 18.8 Å². The number of nitrogens with zero attached hydrogens (tertiary/aromatic N) is 3. The first-order valence-electron chi connectivity index (χ1n) is 9.62. The minimum Gasteiger partial charge on any atom is -0.370 e. The fourth-order valence-corrected chi connectivity index (χ4v) is 4.31. The molecule has 0 radical (unpaired) electrons. The Morgan fingerprint density at radius 2 is 1.81 bits per heavy atom. The van der Waals surface area contributed by atoms with Crippen molar-refractivity contribution in [2.45, 2.75) is 25.0 Å². The average Bonchev–Trinajstić information content (AvgIpc) is 3.35. The van der Waals surface area contributed by atoms with Crippen molar-refractivity contribution in [3.05, 3.63) is 53.9 Å². The van der Waals surface area contributed by atoms with Gasteiger partial charge >= 0.3 is 0 Å². The maximum atomic E-state index is 13.1. The number of rotatable bonds is 2. The normalized spacial score (nSPS) is 20.9. The second-order valence-electron chi connectivity index (χ2n) is 7.36. The van der Waals surface area contributed by atoms with Crippen LogP contribution in [0.1, 0.15) is 28.8 Å². The third-order valence-electron chi connectivity index (χ3n) is 5.81. The number of hydrogen-bond acceptors (Lipinski definition) is 5. The molecule has 2 saturated heterocycles. The molecular formula is C21H23N3O3. The summed E-state index contributed by atoms with van der Waals surface area (Å²) < 4.78 is 11.6. The molecule has 27 heavy (non-hydrogen) atoms. The van der Waals surface area contributed by atoms with Crippen molar-refractivity contribution in [2.24, 2.45) is 0 Å². The van der Waals surface area contributed by atoms with Gasteiger partial charge in [-0.25, -0.2) is 0 Å². The highest BCUT2D eigenvalue weighted by atomic mass is 16.7. The number of pyridine rings is 1. The summed E-state index contributed by atoms with van der Waals surface area (Å²) >= 11 is 0. The molecule has 1 amide bonds. The van der Waals surface area contributed by atoms with Crippen LogP contribution >= 0.6 is 0 Å². The number of piperidine rings is 1. The number of carbonyl (C=O) groups is 1. The topological polar surface area (TPSA) is 54.9 Å². The largest absolute Gasteiger partial charge is 0.370 e. The lowest BCUT2D eigenvalue weighted by atomic mass is 10.0. The maximum Gasteiger partial charge on any atom is 0.259 e. The molecule has 140 valence electrons. The zero-order valence-corrected chi connectivity index (χ0v) is 15.3. The summed E-state index contributed by atoms with van der Waals surface area (Å²) in [5.41, 5.74) is 3.87. The number of para-hydroxylation sites is 1. The molecule has 0 unspecified atom stereocenters. The number of ether oxygens (including phenoxy) is 2. The lowest BCUT2D eigenvalue weighted by Gasteiger charge is -2.38. The van der Waals surface area contributed by atoms with Crippen molar-refractivity contribution in [1.82, 2.24) is 4.98 Å². The molecule has 3 aliphatic heterocycles. The summed E-state index contributed by atoms with van der Waals surface area (Å²) in [7, 11) is 0. The first-order valence-corrected chi connectivity index (χ1v) is 9.62. The van der Waals surface area contributed by atoms with Crippen LogP contribution in [0.4, 0.5) is 11.4 Å². The van der Waals surface area contributed by atoms with Crippen LogP contribution in [0, 0.1) is 0 Å². The third-order valence-corrected chi connectivity index (χ3v) is 5.81. The highest BCUT2D eigenvalue weighted by molar-refractivity contribution is 6.07. The fourth-order valence-electron chi connectivity index (χ4n) is 4.31. The van der Waals surface area contributed by atoms with Crippen LogP contribution in [0.3, 0.4) is 0 Å². The van der Waals surface area contributed by atoms with Crippen molar-refractivity contribution in [3.63, 3.8) is 0 Å². The number of anilines is 2. The zero-order valence-electron chi connectivity index (χ0n) is 15.3. The Labute approximate surface area is 158 Å². The van der Waals surface area contributed by atoms with E-state index < -0.39 is 5.79 Å². The molecule has 1 aromatic heterocycles. The maximum absolute atomic E-state index is 13.1. The Balaban J connectivity index is 1.33. The van der Waals surface area contributed by atoms with E-state index in [2.05, 4.69) is 16.0 Å². The van der Waals surface area contributed by atoms with E-state index >= 15 is 0 Å². The molecule has 1 spiro atoms. The van der Waals surface area contributed by atoms with Gasteiger partial charge < -0.3 is 19.3 Å². The van der Waals surface area contributed by atoms with Gasteiger partial charge in [-0.3, -0.25) is 9.78 Å². The summed E-state index contributed by atoms with van der Waals surface area (Å²) in [6.45, 7) is 3.77. The van der Waals surface area contributed by atoms with E-state index in [0.717, 1.165) is 50.3 Å². The molecule has 0 bridgehead atoms. The second-order valence-corrected chi connectivity index (χ2v) is 7.36. The second kappa shape index (κ2) is 6.62. The summed E-state index contributed by atoms with van der Waals surface area (Å²) in [5.74, 6) is -0.374. The highest BCUT2D eigenvalue weighted by Gasteiger charge is 2.40. The first kappa shape index (κ1) is 16.7. The van der Waals surface area contributed by atoms with Crippen LogP contribution in [-0.4, -0.2) is 49.5 Å². The van der Waals surface area contributed by atoms with Gasteiger partial charge in [0, 0.05) is 44.4 Å². The molecule has 6 heteroatoms. The van der Waals surface area contributed by atoms with E-state index in [1.54, 1.807) is 6.20 Å². The smallest absolute Gasteiger partial charge is 0.259 e. The van der Waals surface area contributed by atoms with Gasteiger partial charge in [0.2, 0.25) is 0 Å². The standard InChI is InChI=1S/C21H23N3O3/c25-20(24-8-5-16-3-1-2-4-19(16)24)17-13-18(15-22-14-17)23-9-6-21(7-10-23)26-11-12-27-21/h1-4,13-15H,5-12H2. The Kier molecular flexibility index (Phi) is 4.10. The van der Waals surface area contributed by atoms with Crippen LogP contribution in [0.5, 0.6) is 0 Å². The van der Waals surface area contributed by atoms with E-state index in [9.17, 15) is 4.79 Å². The van der Waals surface area contributed by atoms with Crippen LogP contribution in [0.15, 0.2) is 42.7 Å². The van der Waals surface area contributed by atoms with Crippen molar-refractivity contribution < 1.29 is 14.3 Å². The summed E-state index contributed by atoms with van der Waals surface area (Å²) in [6, 6.07) is 10.1. The molecule has 6 nitrogen and oxygen atoms in total. The van der Waals surface area contributed by atoms with Gasteiger partial charge in [0.05, 0.1) is 30.7 Å². The molecule has 0 aliphatic carbocycles. The molecule has 0 atom stereocenters. The van der Waals surface area contributed by atoms with E-state index in [-0.39, 0.29) is 5.91 Å². The monoisotopic (exact) mass is 365 g/mol. The van der Waals surface area contributed by atoms with Crippen molar-refractivity contribution in [1.29, 1.82) is 0 Å². The molecular weight excluding hydrogens is 342 g/mol. The lowest BCUT2D eigenvalue weighted by molar-refractivity contribution is -0.169. The minimum atomic E-state index is -0.392. The average molecular weight is 365 g/mol. The van der Waals surface area contributed by atoms with Crippen LogP contribution in [-0.2, 0) is 15.9 Å². The third kappa shape index (κ3) is 2.99. The van der Waals surface area contributed by atoms with Gasteiger partial charge in [-0.2, -0.15) is 0 Å². The highest BCUT2D eigenvalue weighted by Crippen LogP contribution is 2.34. The van der Waals surface area contributed by atoms with Gasteiger partial charge in [-0.05, 0) is 24.1 Å². The fraction of sp³-hybridized carbons (Fsp3) is 0.429. The van der Waals surface area contributed by atoms with Crippen LogP contribution in [0.2, 0.25) is 0 Å². The van der Waals surface area contributed by atoms with Gasteiger partial charge in [-0.15, -0.1) is 0 Å². The van der Waals surface area contributed by atoms with E-state index in [4.69, 9.17) is 9.47 Å². The summed E-state index contributed by atoms with van der Waals surface area (Å²) in [4.78, 5) is 21.5. The van der Waals surface area contributed by atoms with Gasteiger partial charge in [0.15, 0.2) is 5.79 Å². The number of amides is 1. The van der Waals surface area contributed by atoms with Crippen LogP contribution < -0.4 is 9.80 Å². The van der Waals surface area contributed by atoms with Crippen molar-refractivity contribution >= 4 is 17.3 Å². The number of carbonyl (C=O) groups excluding carboxylic acids is 1. The number of fused-ring (bicyclic) bond motifs is 1. The first-order chi connectivity index (χ1) is 13.2. The SMILES string of the molecule is O=C(c1cncc(N2CCC3(CC2)OCCO3)c1)N1CCc2ccccc21. The molecule has 4 heterocycles. The Hall–Kier alpha value is -2.44. The summed E-state index contributed by atoms with van der Waals surface area (Å²) in [6.07, 6.45) is 6.09. The van der Waals surface area contributed by atoms with Crippen molar-refractivity contribution in [2.75, 3.05) is 42.6 Å². The van der Waals surface area contributed by atoms with E-state index in [1.165, 1.54) is 5.56 Å². The molecule has 0 saturated carbocycles. The quantitative estimate of drug-likeness (QED) is 0.819. The van der Waals surface area contributed by atoms with Gasteiger partial charge in [0.25, 0.3) is 5.91 Å². The van der Waals surface area contributed by atoms with E-state index in [1.807, 2.05) is 35.4 Å². The predicted octanol–water partition coefficient (Wildman–Crippen LogP) is 2.63. The Morgan fingerprint density at radius 1 is 1.04 bits per heavy atom. The van der Waals surface area contributed by atoms with Crippen molar-refractivity contribution in [3.8, 4) is 0 Å². The molecule has 3 aliphatic rings. The predicted molar refractivity (Wildman–Crippen MR) is 102 cm³/mol. The minimum absolute atomic E-state index is 0.0187. The number of benzene rings is 1. The zero-order chi connectivity index (χ0) is 18.3. The molecule has 2 aromatic rings. The summed E-state index contributed by atoms with van der Waals surface area (Å²) in [5, 5.41) is 0. The lowest BCUT2D eigenvalue weighted by Crippen LogP contribution is -2.45. The van der Waals surface area contributed by atoms with Gasteiger partial charge in [-0.1, -0.05) is 18.2 Å². The molecule has 0 N–H and O–H groups in total. The molecule has 5 rings (SSSR count). The number of aromatic nitrogens is 1. The van der Waals surface area contributed by atoms with Gasteiger partial charge in [0.1, 0.15) is 0 Å². The number of hydrogen-bond donors (Lipinski definition) is 0. The Morgan fingerprint density at radius 3 is 2.63 bits per heavy atom. The van der Waals surface area contributed by atoms with Crippen LogP contribution in [0.25, 0.3) is 0 Å².